The highest BCUT2D eigenvalue weighted by molar-refractivity contribution is 7.99. The van der Waals surface area contributed by atoms with Crippen molar-refractivity contribution < 1.29 is 17.9 Å². The number of hydrogen-bond acceptors (Lipinski definition) is 6. The zero-order chi connectivity index (χ0) is 17.8. The second kappa shape index (κ2) is 7.47. The standard InChI is InChI=1S/C16H14F2N4O2S/c1-10-3-6-13(24-10)9-19-22-14(20-21-16(22)25-15(17)18)11-4-7-12(23-2)8-5-11/h3-9,15H,1-2H3/b19-9-. The Morgan fingerprint density at radius 3 is 2.56 bits per heavy atom. The first-order valence-corrected chi connectivity index (χ1v) is 8.10. The number of methoxy groups -OCH3 is 1. The van der Waals surface area contributed by atoms with Crippen LogP contribution in [-0.4, -0.2) is 34.0 Å². The predicted octanol–water partition coefficient (Wildman–Crippen LogP) is 4.05. The van der Waals surface area contributed by atoms with E-state index in [0.29, 0.717) is 22.9 Å². The molecule has 0 aliphatic carbocycles. The first kappa shape index (κ1) is 17.2. The van der Waals surface area contributed by atoms with Crippen LogP contribution in [-0.2, 0) is 0 Å². The molecule has 0 spiro atoms. The SMILES string of the molecule is COc1ccc(-c2nnc(SC(F)F)n2/N=C\c2ccc(C)o2)cc1. The minimum absolute atomic E-state index is 0.0136. The topological polar surface area (TPSA) is 65.4 Å². The maximum Gasteiger partial charge on any atom is 0.291 e. The number of rotatable bonds is 6. The summed E-state index contributed by atoms with van der Waals surface area (Å²) in [5.41, 5.74) is 0.669. The van der Waals surface area contributed by atoms with Crippen molar-refractivity contribution in [2.24, 2.45) is 5.10 Å². The summed E-state index contributed by atoms with van der Waals surface area (Å²) in [6, 6.07) is 10.5. The van der Waals surface area contributed by atoms with Gasteiger partial charge in [-0.05, 0) is 55.1 Å². The number of nitrogens with zero attached hydrogens (tertiary/aromatic N) is 4. The monoisotopic (exact) mass is 364 g/mol. The van der Waals surface area contributed by atoms with E-state index in [0.717, 1.165) is 5.76 Å². The van der Waals surface area contributed by atoms with E-state index in [1.807, 2.05) is 0 Å². The number of halogens is 2. The Bertz CT molecular complexity index is 875. The predicted molar refractivity (Wildman–Crippen MR) is 90.3 cm³/mol. The summed E-state index contributed by atoms with van der Waals surface area (Å²) in [4.78, 5) is 0. The van der Waals surface area contributed by atoms with Gasteiger partial charge in [0, 0.05) is 5.56 Å². The number of thioether (sulfide) groups is 1. The second-order valence-corrected chi connectivity index (χ2v) is 5.88. The van der Waals surface area contributed by atoms with Gasteiger partial charge in [0.25, 0.3) is 5.76 Å². The Balaban J connectivity index is 1.99. The average molecular weight is 364 g/mol. The summed E-state index contributed by atoms with van der Waals surface area (Å²) < 4.78 is 37.3. The molecule has 3 aromatic rings. The lowest BCUT2D eigenvalue weighted by Crippen LogP contribution is -1.98. The van der Waals surface area contributed by atoms with Crippen LogP contribution in [0.25, 0.3) is 11.4 Å². The molecule has 0 atom stereocenters. The molecule has 0 saturated heterocycles. The maximum absolute atomic E-state index is 12.8. The first-order chi connectivity index (χ1) is 12.1. The molecule has 6 nitrogen and oxygen atoms in total. The van der Waals surface area contributed by atoms with E-state index in [2.05, 4.69) is 15.3 Å². The summed E-state index contributed by atoms with van der Waals surface area (Å²) in [5, 5.41) is 12.0. The molecule has 0 aliphatic rings. The highest BCUT2D eigenvalue weighted by Gasteiger charge is 2.18. The maximum atomic E-state index is 12.8. The Morgan fingerprint density at radius 1 is 1.20 bits per heavy atom. The van der Waals surface area contributed by atoms with Gasteiger partial charge in [0.1, 0.15) is 17.3 Å². The van der Waals surface area contributed by atoms with Crippen LogP contribution in [0.4, 0.5) is 8.78 Å². The van der Waals surface area contributed by atoms with Crippen molar-refractivity contribution in [1.29, 1.82) is 0 Å². The molecule has 3 rings (SSSR count). The van der Waals surface area contributed by atoms with Gasteiger partial charge >= 0.3 is 0 Å². The van der Waals surface area contributed by atoms with Gasteiger partial charge < -0.3 is 9.15 Å². The van der Waals surface area contributed by atoms with Crippen molar-refractivity contribution in [1.82, 2.24) is 14.9 Å². The number of furan rings is 1. The molecule has 0 amide bonds. The minimum Gasteiger partial charge on any atom is -0.497 e. The molecule has 2 aromatic heterocycles. The third kappa shape index (κ3) is 4.05. The van der Waals surface area contributed by atoms with Crippen LogP contribution in [0.15, 0.2) is 51.1 Å². The van der Waals surface area contributed by atoms with Crippen LogP contribution in [0.3, 0.4) is 0 Å². The molecular weight excluding hydrogens is 350 g/mol. The van der Waals surface area contributed by atoms with Crippen LogP contribution in [0.5, 0.6) is 5.75 Å². The van der Waals surface area contributed by atoms with Crippen LogP contribution in [0.1, 0.15) is 11.5 Å². The smallest absolute Gasteiger partial charge is 0.291 e. The molecule has 0 N–H and O–H groups in total. The van der Waals surface area contributed by atoms with Crippen molar-refractivity contribution in [3.63, 3.8) is 0 Å². The first-order valence-electron chi connectivity index (χ1n) is 7.22. The molecule has 25 heavy (non-hydrogen) atoms. The quantitative estimate of drug-likeness (QED) is 0.488. The van der Waals surface area contributed by atoms with Crippen molar-refractivity contribution in [3.05, 3.63) is 47.9 Å². The fourth-order valence-corrected chi connectivity index (χ4v) is 2.56. The average Bonchev–Trinajstić information content (AvgIpc) is 3.19. The number of hydrogen-bond donors (Lipinski definition) is 0. The summed E-state index contributed by atoms with van der Waals surface area (Å²) >= 11 is 0.276. The van der Waals surface area contributed by atoms with Gasteiger partial charge in [-0.3, -0.25) is 0 Å². The van der Waals surface area contributed by atoms with Crippen molar-refractivity contribution in [3.8, 4) is 17.1 Å². The Kier molecular flexibility index (Phi) is 5.13. The number of ether oxygens (including phenoxy) is 1. The molecular formula is C16H14F2N4O2S. The van der Waals surface area contributed by atoms with Gasteiger partial charge in [-0.1, -0.05) is 0 Å². The highest BCUT2D eigenvalue weighted by atomic mass is 32.2. The summed E-state index contributed by atoms with van der Waals surface area (Å²) in [6.45, 7) is 1.80. The summed E-state index contributed by atoms with van der Waals surface area (Å²) in [6.07, 6.45) is 1.43. The molecule has 1 aromatic carbocycles. The lowest BCUT2D eigenvalue weighted by molar-refractivity contribution is 0.251. The molecule has 9 heteroatoms. The Morgan fingerprint density at radius 2 is 1.96 bits per heavy atom. The molecule has 0 aliphatic heterocycles. The molecule has 0 bridgehead atoms. The van der Waals surface area contributed by atoms with Gasteiger partial charge in [-0.25, -0.2) is 0 Å². The number of aromatic nitrogens is 3. The van der Waals surface area contributed by atoms with Crippen LogP contribution >= 0.6 is 11.8 Å². The van der Waals surface area contributed by atoms with E-state index < -0.39 is 5.76 Å². The number of aryl methyl sites for hydroxylation is 1. The van der Waals surface area contributed by atoms with Gasteiger partial charge in [0.05, 0.1) is 13.3 Å². The molecule has 0 unspecified atom stereocenters. The molecule has 0 saturated carbocycles. The highest BCUT2D eigenvalue weighted by Crippen LogP contribution is 2.28. The lowest BCUT2D eigenvalue weighted by atomic mass is 10.2. The Hall–Kier alpha value is -2.68. The van der Waals surface area contributed by atoms with E-state index in [4.69, 9.17) is 9.15 Å². The van der Waals surface area contributed by atoms with E-state index in [9.17, 15) is 8.78 Å². The van der Waals surface area contributed by atoms with E-state index in [-0.39, 0.29) is 16.9 Å². The van der Waals surface area contributed by atoms with E-state index >= 15 is 0 Å². The molecule has 130 valence electrons. The van der Waals surface area contributed by atoms with Crippen molar-refractivity contribution in [2.75, 3.05) is 7.11 Å². The molecule has 2 heterocycles. The fraction of sp³-hybridized carbons (Fsp3) is 0.188. The van der Waals surface area contributed by atoms with Gasteiger partial charge in [-0.15, -0.1) is 10.2 Å². The zero-order valence-electron chi connectivity index (χ0n) is 13.4. The van der Waals surface area contributed by atoms with Gasteiger partial charge in [0.2, 0.25) is 5.16 Å². The third-order valence-corrected chi connectivity index (χ3v) is 3.86. The molecule has 0 radical (unpaired) electrons. The van der Waals surface area contributed by atoms with Gasteiger partial charge in [-0.2, -0.15) is 18.6 Å². The van der Waals surface area contributed by atoms with Crippen LogP contribution in [0, 0.1) is 6.92 Å². The fourth-order valence-electron chi connectivity index (χ4n) is 2.08. The minimum atomic E-state index is -2.63. The molecule has 0 fully saturated rings. The van der Waals surface area contributed by atoms with E-state index in [1.165, 1.54) is 10.9 Å². The van der Waals surface area contributed by atoms with Gasteiger partial charge in [0.15, 0.2) is 5.82 Å². The Labute approximate surface area is 146 Å². The van der Waals surface area contributed by atoms with E-state index in [1.54, 1.807) is 50.4 Å². The normalized spacial score (nSPS) is 11.6. The number of benzene rings is 1. The summed E-state index contributed by atoms with van der Waals surface area (Å²) in [5.74, 6) is -0.396. The third-order valence-electron chi connectivity index (χ3n) is 3.22. The van der Waals surface area contributed by atoms with Crippen molar-refractivity contribution >= 4 is 18.0 Å². The second-order valence-electron chi connectivity index (χ2n) is 4.92. The van der Waals surface area contributed by atoms with Crippen LogP contribution in [0.2, 0.25) is 0 Å². The van der Waals surface area contributed by atoms with Crippen LogP contribution < -0.4 is 4.74 Å². The largest absolute Gasteiger partial charge is 0.497 e. The number of alkyl halides is 2. The van der Waals surface area contributed by atoms with Crippen molar-refractivity contribution in [2.45, 2.75) is 17.8 Å². The summed E-state index contributed by atoms with van der Waals surface area (Å²) in [7, 11) is 1.56. The lowest BCUT2D eigenvalue weighted by Gasteiger charge is -2.05. The zero-order valence-corrected chi connectivity index (χ0v) is 14.2.